The molecule has 2 aromatic heterocycles. The summed E-state index contributed by atoms with van der Waals surface area (Å²) in [5.41, 5.74) is 8.89. The van der Waals surface area contributed by atoms with Gasteiger partial charge in [0.2, 0.25) is 0 Å². The largest absolute Gasteiger partial charge is 0.496 e. The number of halogens is 3. The molecule has 3 aliphatic rings. The molecule has 2 fully saturated rings. The number of benzene rings is 3. The fourth-order valence-corrected chi connectivity index (χ4v) is 8.63. The molecule has 2 saturated heterocycles. The molecule has 2 aliphatic heterocycles. The first-order valence-corrected chi connectivity index (χ1v) is 19.1. The fraction of sp³-hybridized carbons (Fsp3) is 0.381. The highest BCUT2D eigenvalue weighted by Crippen LogP contribution is 2.48. The van der Waals surface area contributed by atoms with Crippen LogP contribution in [0, 0.1) is 12.8 Å². The molecule has 0 radical (unpaired) electrons. The number of aryl methyl sites for hydroxylation is 1. The first-order chi connectivity index (χ1) is 26.6. The van der Waals surface area contributed by atoms with Crippen LogP contribution in [0.15, 0.2) is 60.8 Å². The van der Waals surface area contributed by atoms with E-state index in [0.29, 0.717) is 61.0 Å². The number of hydrogen-bond acceptors (Lipinski definition) is 10. The smallest absolute Gasteiger partial charge is 0.311 e. The molecule has 0 spiro atoms. The number of aliphatic hydroxyl groups excluding tert-OH is 1. The standard InChI is InChI=1S/C42H43ClF2N6O4/c1-4-55-42(53)27-20-51(21-27)34-12-11-25-16-26(17-35(54-3)36(25)34)30-8-5-9-31(37(30)43)29-7-6-10-32(23(29)2)47-40-38-33(48-41(49-40)39(44)45)15-24(18-46-38)19-50-14-13-28(52)22-50/h5-10,15-18,27-28,34,39,52H,4,11-14,19-22H2,1-3H3,(H,47,48,49)/t28-,34+/m1/s1. The van der Waals surface area contributed by atoms with Crippen LogP contribution >= 0.6 is 11.6 Å². The molecule has 0 amide bonds. The van der Waals surface area contributed by atoms with Crippen molar-refractivity contribution in [3.8, 4) is 28.0 Å². The highest BCUT2D eigenvalue weighted by molar-refractivity contribution is 6.36. The summed E-state index contributed by atoms with van der Waals surface area (Å²) >= 11 is 7.26. The topological polar surface area (TPSA) is 113 Å². The molecule has 13 heteroatoms. The van der Waals surface area contributed by atoms with Gasteiger partial charge in [-0.25, -0.2) is 18.7 Å². The van der Waals surface area contributed by atoms with Gasteiger partial charge in [0.05, 0.1) is 36.3 Å². The van der Waals surface area contributed by atoms with Crippen molar-refractivity contribution in [3.63, 3.8) is 0 Å². The molecule has 4 heterocycles. The van der Waals surface area contributed by atoms with Crippen molar-refractivity contribution in [2.24, 2.45) is 5.92 Å². The Bertz CT molecular complexity index is 2270. The highest BCUT2D eigenvalue weighted by Gasteiger charge is 2.41. The van der Waals surface area contributed by atoms with Crippen LogP contribution in [-0.2, 0) is 22.5 Å². The molecule has 286 valence electrons. The number of nitrogens with one attached hydrogen (secondary N) is 1. The predicted molar refractivity (Wildman–Crippen MR) is 208 cm³/mol. The number of esters is 1. The summed E-state index contributed by atoms with van der Waals surface area (Å²) in [6.07, 6.45) is 0.995. The molecule has 0 unspecified atom stereocenters. The zero-order valence-corrected chi connectivity index (χ0v) is 31.7. The van der Waals surface area contributed by atoms with Gasteiger partial charge >= 0.3 is 5.97 Å². The first-order valence-electron chi connectivity index (χ1n) is 18.7. The molecular formula is C42H43ClF2N6O4. The van der Waals surface area contributed by atoms with Crippen LogP contribution in [0.2, 0.25) is 5.02 Å². The number of β-amino-alcohol motifs (C(OH)–C–C–N with tert-alkyl or cyclic N) is 1. The van der Waals surface area contributed by atoms with Gasteiger partial charge in [0.1, 0.15) is 11.3 Å². The Labute approximate surface area is 323 Å². The Balaban J connectivity index is 1.08. The van der Waals surface area contributed by atoms with Crippen LogP contribution in [0.5, 0.6) is 5.75 Å². The normalized spacial score (nSPS) is 18.8. The number of hydrogen-bond donors (Lipinski definition) is 2. The number of likely N-dealkylation sites (tertiary alicyclic amines) is 2. The molecular weight excluding hydrogens is 726 g/mol. The zero-order valence-electron chi connectivity index (χ0n) is 31.0. The third-order valence-electron chi connectivity index (χ3n) is 11.1. The van der Waals surface area contributed by atoms with Gasteiger partial charge in [-0.2, -0.15) is 0 Å². The van der Waals surface area contributed by atoms with Crippen molar-refractivity contribution >= 4 is 40.1 Å². The minimum absolute atomic E-state index is 0.0880. The maximum absolute atomic E-state index is 14.1. The molecule has 2 N–H and O–H groups in total. The average Bonchev–Trinajstić information content (AvgIpc) is 3.77. The van der Waals surface area contributed by atoms with E-state index in [1.807, 2.05) is 56.3 Å². The SMILES string of the molecule is CCOC(=O)C1CN([C@H]2CCc3cc(-c4cccc(-c5cccc(Nc6nc(C(F)F)nc7cc(CN8CC[C@@H](O)C8)cnc67)c5C)c4Cl)cc(OC)c32)C1. The monoisotopic (exact) mass is 768 g/mol. The second-order valence-corrected chi connectivity index (χ2v) is 15.0. The molecule has 8 rings (SSSR count). The zero-order chi connectivity index (χ0) is 38.4. The molecule has 1 aliphatic carbocycles. The summed E-state index contributed by atoms with van der Waals surface area (Å²) in [6.45, 7) is 7.38. The summed E-state index contributed by atoms with van der Waals surface area (Å²) in [4.78, 5) is 29.7. The summed E-state index contributed by atoms with van der Waals surface area (Å²) in [6, 6.07) is 17.9. The second kappa shape index (κ2) is 15.4. The fourth-order valence-electron chi connectivity index (χ4n) is 8.29. The quantitative estimate of drug-likeness (QED) is 0.128. The van der Waals surface area contributed by atoms with Gasteiger partial charge in [0.25, 0.3) is 6.43 Å². The van der Waals surface area contributed by atoms with Crippen molar-refractivity contribution in [2.75, 3.05) is 45.2 Å². The number of aromatic nitrogens is 3. The van der Waals surface area contributed by atoms with Crippen LogP contribution in [0.4, 0.5) is 20.3 Å². The van der Waals surface area contributed by atoms with Crippen LogP contribution < -0.4 is 10.1 Å². The van der Waals surface area contributed by atoms with Gasteiger partial charge in [-0.3, -0.25) is 19.6 Å². The van der Waals surface area contributed by atoms with E-state index in [1.54, 1.807) is 19.4 Å². The number of alkyl halides is 2. The highest BCUT2D eigenvalue weighted by atomic mass is 35.5. The summed E-state index contributed by atoms with van der Waals surface area (Å²) in [5, 5.41) is 13.8. The van der Waals surface area contributed by atoms with Crippen molar-refractivity contribution in [1.82, 2.24) is 24.8 Å². The molecule has 10 nitrogen and oxygen atoms in total. The number of rotatable bonds is 11. The summed E-state index contributed by atoms with van der Waals surface area (Å²) in [5.74, 6) is 0.179. The number of pyridine rings is 1. The molecule has 0 saturated carbocycles. The van der Waals surface area contributed by atoms with E-state index >= 15 is 0 Å². The van der Waals surface area contributed by atoms with Crippen molar-refractivity contribution < 1.29 is 28.2 Å². The minimum atomic E-state index is -2.88. The van der Waals surface area contributed by atoms with E-state index < -0.39 is 12.2 Å². The van der Waals surface area contributed by atoms with Gasteiger partial charge in [-0.1, -0.05) is 48.0 Å². The first kappa shape index (κ1) is 37.2. The summed E-state index contributed by atoms with van der Waals surface area (Å²) in [7, 11) is 1.69. The van der Waals surface area contributed by atoms with Crippen molar-refractivity contribution in [2.45, 2.75) is 58.2 Å². The Morgan fingerprint density at radius 2 is 1.84 bits per heavy atom. The maximum Gasteiger partial charge on any atom is 0.311 e. The lowest BCUT2D eigenvalue weighted by Crippen LogP contribution is -2.51. The minimum Gasteiger partial charge on any atom is -0.496 e. The van der Waals surface area contributed by atoms with Crippen LogP contribution in [0.3, 0.4) is 0 Å². The third kappa shape index (κ3) is 7.24. The average molecular weight is 769 g/mol. The number of methoxy groups -OCH3 is 1. The number of fused-ring (bicyclic) bond motifs is 2. The van der Waals surface area contributed by atoms with E-state index in [0.717, 1.165) is 58.5 Å². The van der Waals surface area contributed by atoms with Gasteiger partial charge in [0.15, 0.2) is 11.6 Å². The number of anilines is 2. The Kier molecular flexibility index (Phi) is 10.4. The predicted octanol–water partition coefficient (Wildman–Crippen LogP) is 8.06. The third-order valence-corrected chi connectivity index (χ3v) is 11.5. The van der Waals surface area contributed by atoms with Gasteiger partial charge in [0, 0.05) is 67.3 Å². The van der Waals surface area contributed by atoms with Gasteiger partial charge < -0.3 is 19.9 Å². The lowest BCUT2D eigenvalue weighted by atomic mass is 9.92. The Morgan fingerprint density at radius 1 is 1.05 bits per heavy atom. The molecule has 3 aromatic carbocycles. The van der Waals surface area contributed by atoms with Crippen LogP contribution in [0.25, 0.3) is 33.3 Å². The number of aliphatic hydroxyl groups is 1. The lowest BCUT2D eigenvalue weighted by Gasteiger charge is -2.42. The Morgan fingerprint density at radius 3 is 2.58 bits per heavy atom. The molecule has 2 atom stereocenters. The summed E-state index contributed by atoms with van der Waals surface area (Å²) < 4.78 is 39.4. The van der Waals surface area contributed by atoms with E-state index in [2.05, 4.69) is 36.1 Å². The Hall–Kier alpha value is -4.75. The number of ether oxygens (including phenoxy) is 2. The van der Waals surface area contributed by atoms with Crippen LogP contribution in [-0.4, -0.2) is 81.8 Å². The van der Waals surface area contributed by atoms with E-state index in [4.69, 9.17) is 21.1 Å². The van der Waals surface area contributed by atoms with Gasteiger partial charge in [-0.15, -0.1) is 0 Å². The maximum atomic E-state index is 14.1. The molecule has 0 bridgehead atoms. The number of carbonyl (C=O) groups is 1. The van der Waals surface area contributed by atoms with E-state index in [-0.39, 0.29) is 29.9 Å². The van der Waals surface area contributed by atoms with E-state index in [9.17, 15) is 18.7 Å². The van der Waals surface area contributed by atoms with Crippen LogP contribution in [0.1, 0.15) is 60.3 Å². The lowest BCUT2D eigenvalue weighted by molar-refractivity contribution is -0.155. The van der Waals surface area contributed by atoms with Gasteiger partial charge in [-0.05, 0) is 79.1 Å². The van der Waals surface area contributed by atoms with E-state index in [1.165, 1.54) is 11.1 Å². The number of nitrogens with zero attached hydrogens (tertiary/aromatic N) is 5. The second-order valence-electron chi connectivity index (χ2n) is 14.6. The molecule has 55 heavy (non-hydrogen) atoms. The number of carbonyl (C=O) groups excluding carboxylic acids is 1. The van der Waals surface area contributed by atoms with Crippen molar-refractivity contribution in [1.29, 1.82) is 0 Å². The van der Waals surface area contributed by atoms with Crippen molar-refractivity contribution in [3.05, 3.63) is 93.9 Å². The molecule has 5 aromatic rings.